The van der Waals surface area contributed by atoms with Gasteiger partial charge in [-0.2, -0.15) is 0 Å². The van der Waals surface area contributed by atoms with Crippen molar-refractivity contribution in [3.8, 4) is 0 Å². The number of carbonyl (C=O) groups excluding carboxylic acids is 1. The average molecular weight is 265 g/mol. The number of carbonyl (C=O) groups is 1. The molecule has 0 fully saturated rings. The lowest BCUT2D eigenvalue weighted by molar-refractivity contribution is 0.0934. The predicted molar refractivity (Wildman–Crippen MR) is 55.6 cm³/mol. The Labute approximate surface area is 97.5 Å². The molecular formula is C7H12Cl3NO3. The van der Waals surface area contributed by atoms with Crippen LogP contribution < -0.4 is 5.32 Å². The summed E-state index contributed by atoms with van der Waals surface area (Å²) in [5.74, 6) is 0.200. The third-order valence-corrected chi connectivity index (χ3v) is 1.73. The average Bonchev–Trinajstić information content (AvgIpc) is 1.99. The number of ether oxygens (including phenoxy) is 1. The van der Waals surface area contributed by atoms with Crippen molar-refractivity contribution in [2.24, 2.45) is 5.92 Å². The maximum atomic E-state index is 10.9. The Bertz CT molecular complexity index is 193. The van der Waals surface area contributed by atoms with Crippen LogP contribution >= 0.6 is 34.8 Å². The Morgan fingerprint density at radius 1 is 1.50 bits per heavy atom. The van der Waals surface area contributed by atoms with Gasteiger partial charge in [-0.05, 0) is 5.92 Å². The zero-order valence-electron chi connectivity index (χ0n) is 7.76. The van der Waals surface area contributed by atoms with Gasteiger partial charge in [-0.1, -0.05) is 48.7 Å². The number of amides is 1. The van der Waals surface area contributed by atoms with Gasteiger partial charge in [0.2, 0.25) is 3.79 Å². The summed E-state index contributed by atoms with van der Waals surface area (Å²) < 4.78 is 2.72. The van der Waals surface area contributed by atoms with Gasteiger partial charge in [-0.25, -0.2) is 4.79 Å². The molecule has 4 nitrogen and oxygen atoms in total. The molecule has 0 saturated carbocycles. The first-order chi connectivity index (χ1) is 6.23. The molecule has 7 heteroatoms. The van der Waals surface area contributed by atoms with Crippen molar-refractivity contribution in [2.75, 3.05) is 6.61 Å². The van der Waals surface area contributed by atoms with E-state index in [1.165, 1.54) is 0 Å². The van der Waals surface area contributed by atoms with Crippen LogP contribution in [-0.4, -0.2) is 27.8 Å². The SMILES string of the molecule is CC(C)COC(=O)NC(O)C(Cl)(Cl)Cl. The van der Waals surface area contributed by atoms with Crippen LogP contribution in [0.25, 0.3) is 0 Å². The van der Waals surface area contributed by atoms with Crippen molar-refractivity contribution in [1.29, 1.82) is 0 Å². The number of aliphatic hydroxyl groups excluding tert-OH is 1. The van der Waals surface area contributed by atoms with Gasteiger partial charge in [0.15, 0.2) is 6.23 Å². The molecule has 0 radical (unpaired) electrons. The van der Waals surface area contributed by atoms with Gasteiger partial charge < -0.3 is 9.84 Å². The molecule has 14 heavy (non-hydrogen) atoms. The highest BCUT2D eigenvalue weighted by Gasteiger charge is 2.32. The first kappa shape index (κ1) is 14.1. The topological polar surface area (TPSA) is 58.6 Å². The summed E-state index contributed by atoms with van der Waals surface area (Å²) in [6.45, 7) is 3.98. The number of aliphatic hydroxyl groups is 1. The van der Waals surface area contributed by atoms with Crippen molar-refractivity contribution >= 4 is 40.9 Å². The Hall–Kier alpha value is 0.1000. The van der Waals surface area contributed by atoms with Gasteiger partial charge in [0.05, 0.1) is 6.61 Å². The van der Waals surface area contributed by atoms with E-state index in [2.05, 4.69) is 4.74 Å². The summed E-state index contributed by atoms with van der Waals surface area (Å²) >= 11 is 15.9. The van der Waals surface area contributed by atoms with Crippen molar-refractivity contribution < 1.29 is 14.6 Å². The number of alkyl halides is 3. The predicted octanol–water partition coefficient (Wildman–Crippen LogP) is 2.06. The summed E-state index contributed by atoms with van der Waals surface area (Å²) in [6, 6.07) is 0. The minimum Gasteiger partial charge on any atom is -0.449 e. The summed E-state index contributed by atoms with van der Waals surface area (Å²) in [5.41, 5.74) is 0. The minimum absolute atomic E-state index is 0.200. The lowest BCUT2D eigenvalue weighted by Gasteiger charge is -2.19. The molecule has 0 saturated heterocycles. The molecule has 0 aromatic heterocycles. The van der Waals surface area contributed by atoms with Crippen LogP contribution in [0.15, 0.2) is 0 Å². The van der Waals surface area contributed by atoms with Crippen molar-refractivity contribution in [3.05, 3.63) is 0 Å². The molecule has 0 heterocycles. The van der Waals surface area contributed by atoms with Crippen molar-refractivity contribution in [1.82, 2.24) is 5.32 Å². The maximum Gasteiger partial charge on any atom is 0.409 e. The van der Waals surface area contributed by atoms with E-state index in [0.29, 0.717) is 0 Å². The highest BCUT2D eigenvalue weighted by atomic mass is 35.6. The number of halogens is 3. The molecule has 2 N–H and O–H groups in total. The van der Waals surface area contributed by atoms with E-state index in [9.17, 15) is 4.79 Å². The summed E-state index contributed by atoms with van der Waals surface area (Å²) in [7, 11) is 0. The Balaban J connectivity index is 3.84. The van der Waals surface area contributed by atoms with E-state index in [4.69, 9.17) is 39.9 Å². The third kappa shape index (κ3) is 6.54. The third-order valence-electron chi connectivity index (χ3n) is 1.11. The van der Waals surface area contributed by atoms with Crippen LogP contribution in [0.4, 0.5) is 4.79 Å². The quantitative estimate of drug-likeness (QED) is 0.606. The van der Waals surface area contributed by atoms with Crippen molar-refractivity contribution in [3.63, 3.8) is 0 Å². The van der Waals surface area contributed by atoms with Crippen LogP contribution in [0.3, 0.4) is 0 Å². The Kier molecular flexibility index (Phi) is 5.90. The maximum absolute atomic E-state index is 10.9. The van der Waals surface area contributed by atoms with E-state index in [1.54, 1.807) is 0 Å². The summed E-state index contributed by atoms with van der Waals surface area (Å²) in [4.78, 5) is 10.9. The molecule has 1 unspecified atom stereocenters. The molecule has 84 valence electrons. The number of rotatable bonds is 3. The summed E-state index contributed by atoms with van der Waals surface area (Å²) in [5, 5.41) is 11.1. The molecule has 0 bridgehead atoms. The molecule has 0 rings (SSSR count). The highest BCUT2D eigenvalue weighted by Crippen LogP contribution is 2.28. The molecule has 0 aromatic carbocycles. The second-order valence-electron chi connectivity index (χ2n) is 3.08. The number of hydrogen-bond acceptors (Lipinski definition) is 3. The second kappa shape index (κ2) is 5.85. The van der Waals surface area contributed by atoms with Crippen LogP contribution in [0.5, 0.6) is 0 Å². The van der Waals surface area contributed by atoms with Crippen molar-refractivity contribution in [2.45, 2.75) is 23.9 Å². The van der Waals surface area contributed by atoms with Gasteiger partial charge in [-0.15, -0.1) is 0 Å². The number of alkyl carbamates (subject to hydrolysis) is 1. The van der Waals surface area contributed by atoms with Crippen LogP contribution in [0, 0.1) is 5.92 Å². The zero-order chi connectivity index (χ0) is 11.4. The van der Waals surface area contributed by atoms with Gasteiger partial charge in [0.1, 0.15) is 0 Å². The monoisotopic (exact) mass is 263 g/mol. The molecule has 1 atom stereocenters. The smallest absolute Gasteiger partial charge is 0.409 e. The van der Waals surface area contributed by atoms with Gasteiger partial charge in [-0.3, -0.25) is 5.32 Å². The first-order valence-electron chi connectivity index (χ1n) is 3.91. The van der Waals surface area contributed by atoms with Crippen LogP contribution in [0.2, 0.25) is 0 Å². The van der Waals surface area contributed by atoms with E-state index in [1.807, 2.05) is 19.2 Å². The molecule has 0 aromatic rings. The highest BCUT2D eigenvalue weighted by molar-refractivity contribution is 6.68. The standard InChI is InChI=1S/C7H12Cl3NO3/c1-4(2)3-14-6(13)11-5(12)7(8,9)10/h4-5,12H,3H2,1-2H3,(H,11,13). The lowest BCUT2D eigenvalue weighted by atomic mass is 10.2. The molecule has 0 aliphatic heterocycles. The number of nitrogens with one attached hydrogen (secondary N) is 1. The van der Waals surface area contributed by atoms with E-state index < -0.39 is 16.1 Å². The minimum atomic E-state index is -1.96. The first-order valence-corrected chi connectivity index (χ1v) is 5.05. The van der Waals surface area contributed by atoms with Gasteiger partial charge >= 0.3 is 6.09 Å². The second-order valence-corrected chi connectivity index (χ2v) is 5.45. The Morgan fingerprint density at radius 3 is 2.36 bits per heavy atom. The molecular weight excluding hydrogens is 252 g/mol. The van der Waals surface area contributed by atoms with Crippen LogP contribution in [0.1, 0.15) is 13.8 Å². The largest absolute Gasteiger partial charge is 0.449 e. The molecule has 0 aliphatic carbocycles. The fourth-order valence-electron chi connectivity index (χ4n) is 0.477. The van der Waals surface area contributed by atoms with E-state index in [0.717, 1.165) is 0 Å². The Morgan fingerprint density at radius 2 is 2.00 bits per heavy atom. The normalized spacial score (nSPS) is 13.9. The van der Waals surface area contributed by atoms with E-state index in [-0.39, 0.29) is 12.5 Å². The fourth-order valence-corrected chi connectivity index (χ4v) is 0.641. The molecule has 0 aliphatic rings. The fraction of sp³-hybridized carbons (Fsp3) is 0.857. The lowest BCUT2D eigenvalue weighted by Crippen LogP contribution is -2.44. The molecule has 0 spiro atoms. The van der Waals surface area contributed by atoms with Crippen LogP contribution in [-0.2, 0) is 4.74 Å². The zero-order valence-corrected chi connectivity index (χ0v) is 10.0. The van der Waals surface area contributed by atoms with Gasteiger partial charge in [0, 0.05) is 0 Å². The van der Waals surface area contributed by atoms with E-state index >= 15 is 0 Å². The molecule has 1 amide bonds. The summed E-state index contributed by atoms with van der Waals surface area (Å²) in [6.07, 6.45) is -2.41. The number of hydrogen-bond donors (Lipinski definition) is 2. The van der Waals surface area contributed by atoms with Gasteiger partial charge in [0.25, 0.3) is 0 Å².